The molecule has 11 aromatic rings. The summed E-state index contributed by atoms with van der Waals surface area (Å²) >= 11 is 1.79. The van der Waals surface area contributed by atoms with Gasteiger partial charge in [-0.15, -0.1) is 11.3 Å². The van der Waals surface area contributed by atoms with Crippen LogP contribution >= 0.6 is 11.3 Å². The lowest BCUT2D eigenvalue weighted by molar-refractivity contribution is 0.794. The largest absolute Gasteiger partial charge is 0.208 e. The van der Waals surface area contributed by atoms with Gasteiger partial charge in [-0.05, 0) is 91.0 Å². The van der Waals surface area contributed by atoms with Gasteiger partial charge in [0, 0.05) is 36.9 Å². The van der Waals surface area contributed by atoms with Crippen molar-refractivity contribution in [1.29, 1.82) is 0 Å². The molecule has 4 heteroatoms. The molecule has 0 atom stereocenters. The van der Waals surface area contributed by atoms with E-state index in [0.29, 0.717) is 17.5 Å². The van der Waals surface area contributed by atoms with Crippen molar-refractivity contribution in [3.05, 3.63) is 235 Å². The van der Waals surface area contributed by atoms with Crippen molar-refractivity contribution in [1.82, 2.24) is 15.0 Å². The third-order valence-electron chi connectivity index (χ3n) is 13.0. The monoisotopic (exact) mass is 805 g/mol. The van der Waals surface area contributed by atoms with Crippen molar-refractivity contribution in [3.63, 3.8) is 0 Å². The zero-order valence-electron chi connectivity index (χ0n) is 33.5. The van der Waals surface area contributed by atoms with Crippen molar-refractivity contribution in [2.24, 2.45) is 0 Å². The fourth-order valence-corrected chi connectivity index (χ4v) is 11.5. The molecule has 1 spiro atoms. The summed E-state index contributed by atoms with van der Waals surface area (Å²) in [6.45, 7) is 0. The summed E-state index contributed by atoms with van der Waals surface area (Å²) in [6, 6.07) is 76.8. The van der Waals surface area contributed by atoms with Gasteiger partial charge in [-0.1, -0.05) is 188 Å². The van der Waals surface area contributed by atoms with Gasteiger partial charge >= 0.3 is 0 Å². The molecule has 9 aromatic carbocycles. The van der Waals surface area contributed by atoms with E-state index in [0.717, 1.165) is 33.4 Å². The van der Waals surface area contributed by atoms with Gasteiger partial charge in [0.25, 0.3) is 0 Å². The Balaban J connectivity index is 0.967. The van der Waals surface area contributed by atoms with Gasteiger partial charge in [0.15, 0.2) is 17.5 Å². The van der Waals surface area contributed by atoms with Crippen LogP contribution in [0.2, 0.25) is 0 Å². The molecule has 2 heterocycles. The highest BCUT2D eigenvalue weighted by Gasteiger charge is 2.51. The molecular weight excluding hydrogens is 771 g/mol. The third kappa shape index (κ3) is 5.08. The molecule has 2 aliphatic carbocycles. The zero-order chi connectivity index (χ0) is 40.8. The summed E-state index contributed by atoms with van der Waals surface area (Å²) in [5.74, 6) is 1.96. The summed E-state index contributed by atoms with van der Waals surface area (Å²) < 4.78 is 2.42. The van der Waals surface area contributed by atoms with Crippen LogP contribution in [0.5, 0.6) is 0 Å². The summed E-state index contributed by atoms with van der Waals surface area (Å²) in [5, 5.41) is 2.46. The Bertz CT molecular complexity index is 3540. The maximum Gasteiger partial charge on any atom is 0.165 e. The molecule has 3 nitrogen and oxygen atoms in total. The number of rotatable bonds is 5. The predicted molar refractivity (Wildman–Crippen MR) is 256 cm³/mol. The molecule has 288 valence electrons. The highest BCUT2D eigenvalue weighted by atomic mass is 32.1. The van der Waals surface area contributed by atoms with E-state index in [1.807, 2.05) is 18.2 Å². The molecular formula is C58H35N3S. The van der Waals surface area contributed by atoms with E-state index in [9.17, 15) is 0 Å². The van der Waals surface area contributed by atoms with Gasteiger partial charge in [-0.2, -0.15) is 0 Å². The first-order valence-corrected chi connectivity index (χ1v) is 21.9. The molecule has 2 aliphatic rings. The number of fused-ring (bicyclic) bond motifs is 13. The molecule has 2 aromatic heterocycles. The molecule has 0 bridgehead atoms. The summed E-state index contributed by atoms with van der Waals surface area (Å²) in [7, 11) is 0. The molecule has 13 rings (SSSR count). The SMILES string of the molecule is c1ccc(-c2nc(-c3ccccc3-c3cccc(-c4ccc5c(c4)C4(c6ccccc6-c6ccccc64)c4ccccc4-5)c3)nc(-c3cccc4c3sc3ccccc34)n2)cc1. The van der Waals surface area contributed by atoms with E-state index in [2.05, 4.69) is 194 Å². The van der Waals surface area contributed by atoms with Crippen molar-refractivity contribution in [2.45, 2.75) is 5.41 Å². The van der Waals surface area contributed by atoms with Crippen LogP contribution < -0.4 is 0 Å². The van der Waals surface area contributed by atoms with Gasteiger partial charge in [0.1, 0.15) is 0 Å². The van der Waals surface area contributed by atoms with E-state index in [-0.39, 0.29) is 0 Å². The fraction of sp³-hybridized carbons (Fsp3) is 0.0172. The number of thiophene rings is 1. The molecule has 62 heavy (non-hydrogen) atoms. The Hall–Kier alpha value is -7.79. The predicted octanol–water partition coefficient (Wildman–Crippen LogP) is 14.9. The first-order chi connectivity index (χ1) is 30.7. The summed E-state index contributed by atoms with van der Waals surface area (Å²) in [6.07, 6.45) is 0. The molecule has 0 amide bonds. The molecule has 0 aliphatic heterocycles. The highest BCUT2D eigenvalue weighted by molar-refractivity contribution is 7.26. The molecule has 0 N–H and O–H groups in total. The van der Waals surface area contributed by atoms with Gasteiger partial charge in [0.2, 0.25) is 0 Å². The normalized spacial score (nSPS) is 13.0. The van der Waals surface area contributed by atoms with Crippen molar-refractivity contribution >= 4 is 31.5 Å². The molecule has 0 unspecified atom stereocenters. The Morgan fingerprint density at radius 3 is 1.50 bits per heavy atom. The van der Waals surface area contributed by atoms with E-state index in [1.165, 1.54) is 70.2 Å². The quantitative estimate of drug-likeness (QED) is 0.174. The Kier molecular flexibility index (Phi) is 7.69. The molecule has 0 radical (unpaired) electrons. The minimum Gasteiger partial charge on any atom is -0.208 e. The van der Waals surface area contributed by atoms with E-state index >= 15 is 0 Å². The molecule has 0 saturated carbocycles. The van der Waals surface area contributed by atoms with Gasteiger partial charge in [0.05, 0.1) is 5.41 Å². The lowest BCUT2D eigenvalue weighted by Crippen LogP contribution is -2.25. The molecule has 0 saturated heterocycles. The fourth-order valence-electron chi connectivity index (χ4n) is 10.3. The van der Waals surface area contributed by atoms with Gasteiger partial charge < -0.3 is 0 Å². The smallest absolute Gasteiger partial charge is 0.165 e. The van der Waals surface area contributed by atoms with Crippen LogP contribution in [-0.4, -0.2) is 15.0 Å². The van der Waals surface area contributed by atoms with Crippen molar-refractivity contribution in [2.75, 3.05) is 0 Å². The van der Waals surface area contributed by atoms with Crippen molar-refractivity contribution < 1.29 is 0 Å². The van der Waals surface area contributed by atoms with Crippen molar-refractivity contribution in [3.8, 4) is 78.7 Å². The Morgan fingerprint density at radius 2 is 0.774 bits per heavy atom. The number of benzene rings is 9. The Labute approximate surface area is 363 Å². The first kappa shape index (κ1) is 35.0. The number of nitrogens with zero attached hydrogens (tertiary/aromatic N) is 3. The van der Waals surface area contributed by atoms with Crippen LogP contribution in [0.25, 0.3) is 98.8 Å². The number of hydrogen-bond donors (Lipinski definition) is 0. The maximum absolute atomic E-state index is 5.31. The Morgan fingerprint density at radius 1 is 0.290 bits per heavy atom. The highest BCUT2D eigenvalue weighted by Crippen LogP contribution is 2.63. The van der Waals surface area contributed by atoms with E-state index in [1.54, 1.807) is 11.3 Å². The lowest BCUT2D eigenvalue weighted by Gasteiger charge is -2.30. The average Bonchev–Trinajstić information content (AvgIpc) is 3.98. The summed E-state index contributed by atoms with van der Waals surface area (Å²) in [4.78, 5) is 15.7. The lowest BCUT2D eigenvalue weighted by atomic mass is 9.70. The second-order valence-electron chi connectivity index (χ2n) is 16.2. The second-order valence-corrected chi connectivity index (χ2v) is 17.3. The second kappa shape index (κ2) is 13.6. The zero-order valence-corrected chi connectivity index (χ0v) is 34.3. The molecule has 0 fully saturated rings. The number of aromatic nitrogens is 3. The van der Waals surface area contributed by atoms with Crippen LogP contribution in [0.1, 0.15) is 22.3 Å². The average molecular weight is 806 g/mol. The number of hydrogen-bond acceptors (Lipinski definition) is 4. The minimum atomic E-state index is -0.396. The first-order valence-electron chi connectivity index (χ1n) is 21.1. The third-order valence-corrected chi connectivity index (χ3v) is 14.2. The van der Waals surface area contributed by atoms with Crippen LogP contribution in [0.3, 0.4) is 0 Å². The summed E-state index contributed by atoms with van der Waals surface area (Å²) in [5.41, 5.74) is 17.6. The van der Waals surface area contributed by atoms with Gasteiger partial charge in [-0.3, -0.25) is 0 Å². The standard InChI is InChI=1S/C58H35N3S/c1-2-16-36(17-3-1)55-59-56(61-57(60-55)48-27-15-26-46-45-24-9-13-31-53(45)62-54(46)48)47-25-5-4-20-40(47)39-19-14-18-37(34-39)38-32-33-44-43-23-8-12-30-51(43)58(52(44)35-38)49-28-10-6-21-41(49)42-22-7-11-29-50(42)58/h1-35H. The van der Waals surface area contributed by atoms with Crippen LogP contribution in [0.15, 0.2) is 212 Å². The van der Waals surface area contributed by atoms with Gasteiger partial charge in [-0.25, -0.2) is 15.0 Å². The minimum absolute atomic E-state index is 0.396. The van der Waals surface area contributed by atoms with Crippen LogP contribution in [0, 0.1) is 0 Å². The van der Waals surface area contributed by atoms with Crippen LogP contribution in [-0.2, 0) is 5.41 Å². The van der Waals surface area contributed by atoms with E-state index < -0.39 is 5.41 Å². The van der Waals surface area contributed by atoms with E-state index in [4.69, 9.17) is 15.0 Å². The maximum atomic E-state index is 5.31. The van der Waals surface area contributed by atoms with Crippen LogP contribution in [0.4, 0.5) is 0 Å². The topological polar surface area (TPSA) is 38.7 Å².